The number of fused-ring (bicyclic) bond motifs is 3. The molecule has 2 aliphatic heterocycles. The van der Waals surface area contributed by atoms with Crippen LogP contribution in [0.2, 0.25) is 0 Å². The van der Waals surface area contributed by atoms with E-state index in [0.29, 0.717) is 25.7 Å². The third-order valence-corrected chi connectivity index (χ3v) is 7.50. The van der Waals surface area contributed by atoms with Crippen molar-refractivity contribution in [3.8, 4) is 11.5 Å². The highest BCUT2D eigenvalue weighted by molar-refractivity contribution is 5.67. The molecule has 2 bridgehead atoms. The molecular formula is C25H35NO5. The van der Waals surface area contributed by atoms with Crippen molar-refractivity contribution in [1.82, 2.24) is 5.32 Å². The maximum Gasteiger partial charge on any atom is 0.407 e. The molecule has 3 aliphatic rings. The number of nitrogens with one attached hydrogen (secondary N) is 1. The van der Waals surface area contributed by atoms with Crippen LogP contribution in [0.1, 0.15) is 58.6 Å². The van der Waals surface area contributed by atoms with Gasteiger partial charge in [-0.2, -0.15) is 0 Å². The van der Waals surface area contributed by atoms with Crippen LogP contribution in [0.5, 0.6) is 11.5 Å². The molecule has 1 saturated heterocycles. The minimum Gasteiger partial charge on any atom is -0.454 e. The van der Waals surface area contributed by atoms with Gasteiger partial charge in [0.1, 0.15) is 6.61 Å². The van der Waals surface area contributed by atoms with Crippen molar-refractivity contribution in [2.45, 2.75) is 53.1 Å². The van der Waals surface area contributed by atoms with Gasteiger partial charge in [0, 0.05) is 17.9 Å². The van der Waals surface area contributed by atoms with Gasteiger partial charge in [-0.3, -0.25) is 0 Å². The zero-order valence-corrected chi connectivity index (χ0v) is 19.1. The Labute approximate surface area is 185 Å². The quantitative estimate of drug-likeness (QED) is 0.474. The summed E-state index contributed by atoms with van der Waals surface area (Å²) in [6.45, 7) is 10.7. The van der Waals surface area contributed by atoms with Crippen LogP contribution in [0.25, 0.3) is 0 Å². The average molecular weight is 430 g/mol. The Morgan fingerprint density at radius 1 is 1.23 bits per heavy atom. The lowest BCUT2D eigenvalue weighted by Gasteiger charge is -2.55. The van der Waals surface area contributed by atoms with Gasteiger partial charge in [-0.25, -0.2) is 4.79 Å². The summed E-state index contributed by atoms with van der Waals surface area (Å²) in [5.74, 6) is 2.36. The number of carbonyl (C=O) groups is 1. The van der Waals surface area contributed by atoms with Crippen molar-refractivity contribution in [2.24, 2.45) is 23.2 Å². The number of unbranched alkanes of at least 4 members (excludes halogenated alkanes) is 2. The van der Waals surface area contributed by atoms with Gasteiger partial charge in [-0.15, -0.1) is 0 Å². The molecule has 0 saturated carbocycles. The number of rotatable bonds is 7. The van der Waals surface area contributed by atoms with Crippen LogP contribution in [0.3, 0.4) is 0 Å². The van der Waals surface area contributed by atoms with E-state index >= 15 is 0 Å². The number of hydrogen-bond acceptors (Lipinski definition) is 5. The first-order valence-electron chi connectivity index (χ1n) is 11.6. The summed E-state index contributed by atoms with van der Waals surface area (Å²) in [6, 6.07) is 6.08. The summed E-state index contributed by atoms with van der Waals surface area (Å²) in [6.07, 6.45) is 5.18. The molecule has 1 N–H and O–H groups in total. The molecule has 0 aromatic heterocycles. The number of benzene rings is 1. The molecule has 0 unspecified atom stereocenters. The highest BCUT2D eigenvalue weighted by Crippen LogP contribution is 2.56. The van der Waals surface area contributed by atoms with Crippen LogP contribution >= 0.6 is 0 Å². The lowest BCUT2D eigenvalue weighted by atomic mass is 9.56. The van der Waals surface area contributed by atoms with E-state index in [0.717, 1.165) is 36.3 Å². The second kappa shape index (κ2) is 9.11. The summed E-state index contributed by atoms with van der Waals surface area (Å²) in [7, 11) is 0. The molecule has 2 heterocycles. The zero-order chi connectivity index (χ0) is 22.0. The monoisotopic (exact) mass is 429 g/mol. The van der Waals surface area contributed by atoms with Crippen LogP contribution in [0.15, 0.2) is 29.8 Å². The third-order valence-electron chi connectivity index (χ3n) is 7.50. The van der Waals surface area contributed by atoms with E-state index in [1.54, 1.807) is 0 Å². The number of amides is 1. The largest absolute Gasteiger partial charge is 0.454 e. The Bertz CT molecular complexity index is 837. The maximum absolute atomic E-state index is 12.3. The predicted octanol–water partition coefficient (Wildman–Crippen LogP) is 5.24. The van der Waals surface area contributed by atoms with E-state index in [1.165, 1.54) is 5.57 Å². The molecule has 1 aromatic rings. The predicted molar refractivity (Wildman–Crippen MR) is 118 cm³/mol. The minimum absolute atomic E-state index is 0.0516. The van der Waals surface area contributed by atoms with Gasteiger partial charge in [0.25, 0.3) is 0 Å². The highest BCUT2D eigenvalue weighted by atomic mass is 16.7. The smallest absolute Gasteiger partial charge is 0.407 e. The van der Waals surface area contributed by atoms with Crippen molar-refractivity contribution in [3.63, 3.8) is 0 Å². The number of allylic oxidation sites excluding steroid dienone is 1. The zero-order valence-electron chi connectivity index (χ0n) is 19.1. The van der Waals surface area contributed by atoms with Gasteiger partial charge >= 0.3 is 6.09 Å². The molecule has 5 atom stereocenters. The summed E-state index contributed by atoms with van der Waals surface area (Å²) in [4.78, 5) is 12.3. The second-order valence-electron chi connectivity index (χ2n) is 9.30. The molecule has 1 aliphatic carbocycles. The molecule has 31 heavy (non-hydrogen) atoms. The fourth-order valence-electron chi connectivity index (χ4n) is 5.47. The first-order chi connectivity index (χ1) is 15.0. The molecule has 1 aromatic carbocycles. The van der Waals surface area contributed by atoms with Gasteiger partial charge < -0.3 is 24.3 Å². The van der Waals surface area contributed by atoms with Crippen molar-refractivity contribution < 1.29 is 23.7 Å². The molecule has 6 nitrogen and oxygen atoms in total. The van der Waals surface area contributed by atoms with Gasteiger partial charge in [0.2, 0.25) is 6.79 Å². The normalized spacial score (nSPS) is 31.2. The van der Waals surface area contributed by atoms with Crippen LogP contribution in [0, 0.1) is 23.2 Å². The Morgan fingerprint density at radius 3 is 2.84 bits per heavy atom. The molecule has 6 heteroatoms. The SMILES string of the molecule is CCCCCNC(=O)OC[C@@]12CO[C@@H](c3ccc4c(c3)OCO4)[C@@H](C(C)=C[C@H]1C)[C@H]2C. The molecule has 1 fully saturated rings. The molecule has 0 spiro atoms. The van der Waals surface area contributed by atoms with Crippen molar-refractivity contribution >= 4 is 6.09 Å². The maximum atomic E-state index is 12.3. The van der Waals surface area contributed by atoms with Crippen LogP contribution < -0.4 is 14.8 Å². The van der Waals surface area contributed by atoms with E-state index in [4.69, 9.17) is 18.9 Å². The van der Waals surface area contributed by atoms with E-state index in [-0.39, 0.29) is 36.2 Å². The Balaban J connectivity index is 1.48. The van der Waals surface area contributed by atoms with Crippen LogP contribution in [0.4, 0.5) is 4.79 Å². The molecule has 1 amide bonds. The Hall–Kier alpha value is -2.21. The van der Waals surface area contributed by atoms with E-state index < -0.39 is 0 Å². The van der Waals surface area contributed by atoms with Gasteiger partial charge in [-0.1, -0.05) is 51.3 Å². The first-order valence-corrected chi connectivity index (χ1v) is 11.6. The van der Waals surface area contributed by atoms with Crippen molar-refractivity contribution in [2.75, 3.05) is 26.6 Å². The lowest BCUT2D eigenvalue weighted by molar-refractivity contribution is -0.165. The van der Waals surface area contributed by atoms with Crippen molar-refractivity contribution in [3.05, 3.63) is 35.4 Å². The number of ether oxygens (including phenoxy) is 4. The van der Waals surface area contributed by atoms with Gasteiger partial charge in [0.05, 0.1) is 12.7 Å². The molecule has 170 valence electrons. The fourth-order valence-corrected chi connectivity index (χ4v) is 5.47. The van der Waals surface area contributed by atoms with Gasteiger partial charge in [-0.05, 0) is 42.9 Å². The summed E-state index contributed by atoms with van der Waals surface area (Å²) >= 11 is 0. The summed E-state index contributed by atoms with van der Waals surface area (Å²) < 4.78 is 23.3. The van der Waals surface area contributed by atoms with Crippen molar-refractivity contribution in [1.29, 1.82) is 0 Å². The molecule has 4 rings (SSSR count). The van der Waals surface area contributed by atoms with Gasteiger partial charge in [0.15, 0.2) is 11.5 Å². The van der Waals surface area contributed by atoms with E-state index in [1.807, 2.05) is 12.1 Å². The lowest BCUT2D eigenvalue weighted by Crippen LogP contribution is -2.54. The number of carbonyl (C=O) groups excluding carboxylic acids is 1. The molecular weight excluding hydrogens is 394 g/mol. The third kappa shape index (κ3) is 4.14. The topological polar surface area (TPSA) is 66.0 Å². The van der Waals surface area contributed by atoms with E-state index in [9.17, 15) is 4.79 Å². The summed E-state index contributed by atoms with van der Waals surface area (Å²) in [5.41, 5.74) is 2.21. The highest BCUT2D eigenvalue weighted by Gasteiger charge is 2.54. The Morgan fingerprint density at radius 2 is 2.03 bits per heavy atom. The summed E-state index contributed by atoms with van der Waals surface area (Å²) in [5, 5.41) is 2.88. The van der Waals surface area contributed by atoms with E-state index in [2.05, 4.69) is 45.2 Å². The minimum atomic E-state index is -0.328. The number of hydrogen-bond donors (Lipinski definition) is 1. The standard InChI is InChI=1S/C25H35NO5/c1-5-6-7-10-26-24(27)29-14-25-13-28-23(22(18(25)4)16(2)11-17(25)3)19-8-9-20-21(12-19)31-15-30-20/h8-9,11-12,17-18,22-23H,5-7,10,13-15H2,1-4H3,(H,26,27)/t17-,18-,22+,23+,25+/m1/s1. The first kappa shape index (κ1) is 22.0. The Kier molecular flexibility index (Phi) is 6.47. The average Bonchev–Trinajstić information content (AvgIpc) is 3.22. The molecule has 0 radical (unpaired) electrons. The van der Waals surface area contributed by atoms with Crippen LogP contribution in [-0.2, 0) is 9.47 Å². The number of alkyl carbamates (subject to hydrolysis) is 1. The second-order valence-corrected chi connectivity index (χ2v) is 9.30. The van der Waals surface area contributed by atoms with Crippen LogP contribution in [-0.4, -0.2) is 32.6 Å². The fraction of sp³-hybridized carbons (Fsp3) is 0.640.